The standard InChI is InChI=1S/C28H16N4/c1-3-9-17-15(7-1)21-22(28-23(17)25-19(32-28)11-5-13-29-25)16-8-2-4-10-18(16)24-26-20(31-27(21)24)12-6-14-30-26/h1-14,31-32H. The molecule has 0 atom stereocenters. The monoisotopic (exact) mass is 408 g/mol. The van der Waals surface area contributed by atoms with E-state index in [0.717, 1.165) is 33.1 Å². The summed E-state index contributed by atoms with van der Waals surface area (Å²) in [6, 6.07) is 25.5. The Bertz CT molecular complexity index is 1890. The van der Waals surface area contributed by atoms with Crippen molar-refractivity contribution in [2.45, 2.75) is 0 Å². The number of nitrogens with zero attached hydrogens (tertiary/aromatic N) is 2. The van der Waals surface area contributed by atoms with Gasteiger partial charge in [-0.05, 0) is 45.8 Å². The van der Waals surface area contributed by atoms with Crippen molar-refractivity contribution in [3.8, 4) is 0 Å². The van der Waals surface area contributed by atoms with E-state index >= 15 is 0 Å². The molecular weight excluding hydrogens is 392 g/mol. The van der Waals surface area contributed by atoms with Crippen LogP contribution in [0.3, 0.4) is 0 Å². The van der Waals surface area contributed by atoms with Crippen LogP contribution in [0.4, 0.5) is 0 Å². The molecule has 0 radical (unpaired) electrons. The fourth-order valence-corrected chi connectivity index (χ4v) is 5.57. The van der Waals surface area contributed by atoms with E-state index in [1.165, 1.54) is 43.1 Å². The van der Waals surface area contributed by atoms with Gasteiger partial charge in [-0.15, -0.1) is 0 Å². The van der Waals surface area contributed by atoms with Crippen molar-refractivity contribution in [3.05, 3.63) is 85.2 Å². The fraction of sp³-hybridized carbons (Fsp3) is 0. The lowest BCUT2D eigenvalue weighted by molar-refractivity contribution is 1.42. The first-order chi connectivity index (χ1) is 15.9. The average molecular weight is 408 g/mol. The summed E-state index contributed by atoms with van der Waals surface area (Å²) in [6.45, 7) is 0. The molecule has 0 aliphatic heterocycles. The van der Waals surface area contributed by atoms with Gasteiger partial charge in [0.15, 0.2) is 0 Å². The Labute approximate surface area is 181 Å². The van der Waals surface area contributed by atoms with Crippen LogP contribution in [-0.4, -0.2) is 19.9 Å². The predicted molar refractivity (Wildman–Crippen MR) is 133 cm³/mol. The highest BCUT2D eigenvalue weighted by Gasteiger charge is 2.21. The Kier molecular flexibility index (Phi) is 2.86. The number of pyridine rings is 2. The van der Waals surface area contributed by atoms with Gasteiger partial charge in [0.1, 0.15) is 0 Å². The Balaban J connectivity index is 1.85. The van der Waals surface area contributed by atoms with Crippen LogP contribution in [0.2, 0.25) is 0 Å². The summed E-state index contributed by atoms with van der Waals surface area (Å²) >= 11 is 0. The van der Waals surface area contributed by atoms with E-state index in [9.17, 15) is 0 Å². The molecule has 4 heteroatoms. The maximum absolute atomic E-state index is 4.75. The van der Waals surface area contributed by atoms with Crippen LogP contribution in [-0.2, 0) is 0 Å². The van der Waals surface area contributed by atoms with E-state index in [1.54, 1.807) is 0 Å². The molecule has 4 heterocycles. The van der Waals surface area contributed by atoms with E-state index in [4.69, 9.17) is 9.97 Å². The van der Waals surface area contributed by atoms with Crippen molar-refractivity contribution in [3.63, 3.8) is 0 Å². The lowest BCUT2D eigenvalue weighted by Gasteiger charge is -2.12. The quantitative estimate of drug-likeness (QED) is 0.261. The summed E-state index contributed by atoms with van der Waals surface area (Å²) in [4.78, 5) is 16.9. The van der Waals surface area contributed by atoms with Crippen molar-refractivity contribution in [2.75, 3.05) is 0 Å². The first-order valence-electron chi connectivity index (χ1n) is 10.8. The summed E-state index contributed by atoms with van der Waals surface area (Å²) in [5.74, 6) is 0. The SMILES string of the molecule is c1cnc2c(c1)[nH]c1c2c2ccccc2c2c3[nH]c4cccnc4c3c3ccccc3c12. The molecular formula is C28H16N4. The van der Waals surface area contributed by atoms with Gasteiger partial charge in [0.25, 0.3) is 0 Å². The molecule has 4 aromatic heterocycles. The molecule has 0 bridgehead atoms. The Morgan fingerprint density at radius 2 is 0.844 bits per heavy atom. The van der Waals surface area contributed by atoms with Gasteiger partial charge >= 0.3 is 0 Å². The largest absolute Gasteiger partial charge is 0.353 e. The smallest absolute Gasteiger partial charge is 0.0964 e. The molecule has 8 aromatic rings. The van der Waals surface area contributed by atoms with Gasteiger partial charge in [0.05, 0.1) is 33.1 Å². The fourth-order valence-electron chi connectivity index (χ4n) is 5.57. The van der Waals surface area contributed by atoms with Crippen molar-refractivity contribution < 1.29 is 0 Å². The highest BCUT2D eigenvalue weighted by atomic mass is 14.8. The second-order valence-corrected chi connectivity index (χ2v) is 8.39. The number of fused-ring (bicyclic) bond motifs is 15. The maximum atomic E-state index is 4.75. The molecule has 0 aliphatic carbocycles. The summed E-state index contributed by atoms with van der Waals surface area (Å²) in [6.07, 6.45) is 3.75. The number of hydrogen-bond donors (Lipinski definition) is 2. The van der Waals surface area contributed by atoms with Crippen molar-refractivity contribution in [1.29, 1.82) is 0 Å². The Morgan fingerprint density at radius 1 is 0.438 bits per heavy atom. The van der Waals surface area contributed by atoms with Crippen molar-refractivity contribution in [1.82, 2.24) is 19.9 Å². The van der Waals surface area contributed by atoms with E-state index < -0.39 is 0 Å². The van der Waals surface area contributed by atoms with Crippen LogP contribution in [0, 0.1) is 0 Å². The van der Waals surface area contributed by atoms with E-state index in [-0.39, 0.29) is 0 Å². The zero-order valence-corrected chi connectivity index (χ0v) is 17.0. The van der Waals surface area contributed by atoms with Gasteiger partial charge < -0.3 is 9.97 Å². The van der Waals surface area contributed by atoms with Crippen LogP contribution in [0.25, 0.3) is 76.2 Å². The van der Waals surface area contributed by atoms with E-state index in [1.807, 2.05) is 24.5 Å². The first kappa shape index (κ1) is 16.3. The number of rotatable bonds is 0. The van der Waals surface area contributed by atoms with Gasteiger partial charge in [-0.2, -0.15) is 0 Å². The molecule has 0 saturated carbocycles. The molecule has 4 nitrogen and oxygen atoms in total. The zero-order chi connectivity index (χ0) is 20.8. The molecule has 0 spiro atoms. The molecule has 0 amide bonds. The molecule has 0 fully saturated rings. The summed E-state index contributed by atoms with van der Waals surface area (Å²) < 4.78 is 0. The topological polar surface area (TPSA) is 57.4 Å². The zero-order valence-electron chi connectivity index (χ0n) is 17.0. The molecule has 0 unspecified atom stereocenters. The van der Waals surface area contributed by atoms with Gasteiger partial charge in [-0.25, -0.2) is 0 Å². The van der Waals surface area contributed by atoms with Crippen molar-refractivity contribution >= 4 is 76.2 Å². The lowest BCUT2D eigenvalue weighted by atomic mass is 9.91. The van der Waals surface area contributed by atoms with E-state index in [2.05, 4.69) is 70.6 Å². The normalized spacial score (nSPS) is 12.4. The highest BCUT2D eigenvalue weighted by Crippen LogP contribution is 2.46. The minimum absolute atomic E-state index is 1.02. The van der Waals surface area contributed by atoms with Gasteiger partial charge in [-0.1, -0.05) is 48.5 Å². The third-order valence-electron chi connectivity index (χ3n) is 6.79. The number of benzene rings is 4. The summed E-state index contributed by atoms with van der Waals surface area (Å²) in [7, 11) is 0. The van der Waals surface area contributed by atoms with Crippen LogP contribution >= 0.6 is 0 Å². The summed E-state index contributed by atoms with van der Waals surface area (Å²) in [5, 5.41) is 9.70. The van der Waals surface area contributed by atoms with E-state index in [0.29, 0.717) is 0 Å². The molecule has 0 aliphatic rings. The highest BCUT2D eigenvalue weighted by molar-refractivity contribution is 6.42. The number of aromatic amines is 2. The number of hydrogen-bond acceptors (Lipinski definition) is 2. The molecule has 0 saturated heterocycles. The second-order valence-electron chi connectivity index (χ2n) is 8.39. The molecule has 4 aromatic carbocycles. The first-order valence-corrected chi connectivity index (χ1v) is 10.8. The minimum Gasteiger partial charge on any atom is -0.353 e. The molecule has 148 valence electrons. The summed E-state index contributed by atoms with van der Waals surface area (Å²) in [5.41, 5.74) is 6.42. The van der Waals surface area contributed by atoms with Crippen LogP contribution in [0.15, 0.2) is 85.2 Å². The third kappa shape index (κ3) is 1.84. The second kappa shape index (κ2) is 5.62. The van der Waals surface area contributed by atoms with Crippen LogP contribution < -0.4 is 0 Å². The van der Waals surface area contributed by atoms with Crippen molar-refractivity contribution in [2.24, 2.45) is 0 Å². The average Bonchev–Trinajstić information content (AvgIpc) is 3.43. The van der Waals surface area contributed by atoms with Gasteiger partial charge in [-0.3, -0.25) is 9.97 Å². The van der Waals surface area contributed by atoms with Crippen LogP contribution in [0.1, 0.15) is 0 Å². The lowest BCUT2D eigenvalue weighted by Crippen LogP contribution is -1.87. The minimum atomic E-state index is 1.02. The Morgan fingerprint density at radius 3 is 1.28 bits per heavy atom. The molecule has 2 N–H and O–H groups in total. The number of aromatic nitrogens is 4. The Hall–Kier alpha value is -4.44. The van der Waals surface area contributed by atoms with Crippen LogP contribution in [0.5, 0.6) is 0 Å². The number of H-pyrrole nitrogens is 2. The number of nitrogens with one attached hydrogen (secondary N) is 2. The molecule has 8 rings (SSSR count). The predicted octanol–water partition coefficient (Wildman–Crippen LogP) is 7.21. The molecule has 32 heavy (non-hydrogen) atoms. The maximum Gasteiger partial charge on any atom is 0.0964 e. The van der Waals surface area contributed by atoms with Gasteiger partial charge in [0.2, 0.25) is 0 Å². The third-order valence-corrected chi connectivity index (χ3v) is 6.79. The van der Waals surface area contributed by atoms with Gasteiger partial charge in [0, 0.05) is 33.9 Å².